The molecule has 1 aliphatic heterocycles. The van der Waals surface area contributed by atoms with E-state index in [0.29, 0.717) is 28.3 Å². The van der Waals surface area contributed by atoms with Crippen molar-refractivity contribution in [2.75, 3.05) is 20.3 Å². The lowest BCUT2D eigenvalue weighted by Gasteiger charge is -2.33. The molecule has 1 unspecified atom stereocenters. The first-order valence-corrected chi connectivity index (χ1v) is 10.2. The van der Waals surface area contributed by atoms with Gasteiger partial charge in [-0.05, 0) is 36.8 Å². The number of H-pyrrole nitrogens is 1. The van der Waals surface area contributed by atoms with Gasteiger partial charge in [-0.25, -0.2) is 5.10 Å². The summed E-state index contributed by atoms with van der Waals surface area (Å²) in [6, 6.07) is 12.9. The van der Waals surface area contributed by atoms with E-state index in [0.717, 1.165) is 11.1 Å². The van der Waals surface area contributed by atoms with Crippen LogP contribution in [0.2, 0.25) is 0 Å². The first-order valence-electron chi connectivity index (χ1n) is 10.2. The molecule has 0 saturated heterocycles. The van der Waals surface area contributed by atoms with E-state index in [1.54, 1.807) is 37.0 Å². The standard InChI is InChI=1S/C23H22N4O5/c1-23(13-31-18-5-3-4-6-19(18)32-23)21(29)20-15-8-7-14(16-12-24-25-22(16)30-2)11-17(15)27(26-20)9-10-28/h3-8,11-12,28H,9-10,13H2,1-2H3,(H,24,25). The Morgan fingerprint density at radius 2 is 2.09 bits per heavy atom. The molecule has 9 heteroatoms. The Balaban J connectivity index is 1.58. The van der Waals surface area contributed by atoms with Crippen molar-refractivity contribution >= 4 is 16.7 Å². The molecule has 9 nitrogen and oxygen atoms in total. The first-order chi connectivity index (χ1) is 15.5. The van der Waals surface area contributed by atoms with Crippen LogP contribution >= 0.6 is 0 Å². The van der Waals surface area contributed by atoms with E-state index in [1.807, 2.05) is 30.3 Å². The highest BCUT2D eigenvalue weighted by molar-refractivity contribution is 6.11. The number of carbonyl (C=O) groups excluding carboxylic acids is 1. The van der Waals surface area contributed by atoms with Crippen molar-refractivity contribution < 1.29 is 24.1 Å². The first kappa shape index (κ1) is 20.1. The van der Waals surface area contributed by atoms with E-state index in [2.05, 4.69) is 15.3 Å². The van der Waals surface area contributed by atoms with Gasteiger partial charge in [0.2, 0.25) is 17.3 Å². The quantitative estimate of drug-likeness (QED) is 0.449. The minimum atomic E-state index is -1.23. The number of ether oxygens (including phenoxy) is 3. The molecule has 0 aliphatic carbocycles. The van der Waals surface area contributed by atoms with E-state index in [4.69, 9.17) is 14.2 Å². The second-order valence-corrected chi connectivity index (χ2v) is 7.74. The van der Waals surface area contributed by atoms with E-state index >= 15 is 0 Å². The summed E-state index contributed by atoms with van der Waals surface area (Å²) in [4.78, 5) is 13.6. The van der Waals surface area contributed by atoms with E-state index in [-0.39, 0.29) is 31.2 Å². The lowest BCUT2D eigenvalue weighted by atomic mass is 9.95. The number of ketones is 1. The van der Waals surface area contributed by atoms with Crippen LogP contribution in [0.5, 0.6) is 17.4 Å². The van der Waals surface area contributed by atoms with Gasteiger partial charge in [-0.1, -0.05) is 18.2 Å². The number of fused-ring (bicyclic) bond motifs is 2. The number of nitrogens with zero attached hydrogens (tertiary/aromatic N) is 3. The van der Waals surface area contributed by atoms with Crippen molar-refractivity contribution in [1.82, 2.24) is 20.0 Å². The van der Waals surface area contributed by atoms with Gasteiger partial charge in [0.05, 0.1) is 37.5 Å². The molecule has 0 amide bonds. The van der Waals surface area contributed by atoms with Crippen molar-refractivity contribution in [1.29, 1.82) is 0 Å². The maximum Gasteiger partial charge on any atom is 0.230 e. The zero-order chi connectivity index (χ0) is 22.3. The number of methoxy groups -OCH3 is 1. The summed E-state index contributed by atoms with van der Waals surface area (Å²) in [5.74, 6) is 1.37. The average molecular weight is 434 g/mol. The SMILES string of the molecule is COc1[nH]ncc1-c1ccc2c(C(=O)C3(C)COc4ccccc4O3)nn(CCO)c2c1. The smallest absolute Gasteiger partial charge is 0.230 e. The second-order valence-electron chi connectivity index (χ2n) is 7.74. The van der Waals surface area contributed by atoms with Gasteiger partial charge in [-0.2, -0.15) is 10.2 Å². The zero-order valence-electron chi connectivity index (χ0n) is 17.7. The van der Waals surface area contributed by atoms with Crippen LogP contribution in [0.4, 0.5) is 0 Å². The Bertz CT molecular complexity index is 1310. The monoisotopic (exact) mass is 434 g/mol. The summed E-state index contributed by atoms with van der Waals surface area (Å²) in [5, 5.41) is 21.6. The van der Waals surface area contributed by atoms with Gasteiger partial charge < -0.3 is 19.3 Å². The van der Waals surface area contributed by atoms with Gasteiger partial charge in [0.15, 0.2) is 11.5 Å². The minimum absolute atomic E-state index is 0.0709. The molecule has 2 N–H and O–H groups in total. The summed E-state index contributed by atoms with van der Waals surface area (Å²) in [5.41, 5.74) is 1.38. The number of aliphatic hydroxyl groups is 1. The third-order valence-electron chi connectivity index (χ3n) is 5.57. The summed E-state index contributed by atoms with van der Waals surface area (Å²) >= 11 is 0. The van der Waals surface area contributed by atoms with E-state index in [9.17, 15) is 9.90 Å². The summed E-state index contributed by atoms with van der Waals surface area (Å²) < 4.78 is 18.8. The Morgan fingerprint density at radius 1 is 1.28 bits per heavy atom. The Morgan fingerprint density at radius 3 is 2.88 bits per heavy atom. The predicted octanol–water partition coefficient (Wildman–Crippen LogP) is 2.84. The fourth-order valence-corrected chi connectivity index (χ4v) is 3.91. The molecule has 0 saturated carbocycles. The van der Waals surface area contributed by atoms with Gasteiger partial charge in [-0.15, -0.1) is 0 Å². The molecule has 1 aliphatic rings. The van der Waals surface area contributed by atoms with Crippen molar-refractivity contribution in [3.8, 4) is 28.5 Å². The number of aliphatic hydroxyl groups excluding tert-OH is 1. The Hall–Kier alpha value is -3.85. The average Bonchev–Trinajstić information content (AvgIpc) is 3.43. The van der Waals surface area contributed by atoms with Crippen LogP contribution in [0.15, 0.2) is 48.7 Å². The molecule has 164 valence electrons. The molecule has 0 spiro atoms. The second kappa shape index (κ2) is 7.69. The predicted molar refractivity (Wildman–Crippen MR) is 116 cm³/mol. The van der Waals surface area contributed by atoms with Gasteiger partial charge in [-0.3, -0.25) is 9.48 Å². The third kappa shape index (κ3) is 3.18. The summed E-state index contributed by atoms with van der Waals surface area (Å²) in [6.45, 7) is 1.90. The zero-order valence-corrected chi connectivity index (χ0v) is 17.7. The number of benzene rings is 2. The number of hydrogen-bond acceptors (Lipinski definition) is 7. The van der Waals surface area contributed by atoms with Crippen LogP contribution in [0.1, 0.15) is 17.4 Å². The van der Waals surface area contributed by atoms with Crippen molar-refractivity contribution in [3.63, 3.8) is 0 Å². The summed E-state index contributed by atoms with van der Waals surface area (Å²) in [6.07, 6.45) is 1.67. The fraction of sp³-hybridized carbons (Fsp3) is 0.261. The third-order valence-corrected chi connectivity index (χ3v) is 5.57. The molecule has 0 bridgehead atoms. The number of carbonyl (C=O) groups is 1. The number of aromatic amines is 1. The molecule has 0 radical (unpaired) electrons. The van der Waals surface area contributed by atoms with Crippen molar-refractivity contribution in [2.45, 2.75) is 19.1 Å². The highest BCUT2D eigenvalue weighted by atomic mass is 16.6. The molecular weight excluding hydrogens is 412 g/mol. The van der Waals surface area contributed by atoms with E-state index in [1.165, 1.54) is 0 Å². The lowest BCUT2D eigenvalue weighted by Crippen LogP contribution is -2.49. The van der Waals surface area contributed by atoms with Crippen LogP contribution in [0.3, 0.4) is 0 Å². The normalized spacial score (nSPS) is 17.5. The van der Waals surface area contributed by atoms with Crippen LogP contribution < -0.4 is 14.2 Å². The number of aromatic nitrogens is 4. The number of Topliss-reactive ketones (excluding diaryl/α,β-unsaturated/α-hetero) is 1. The van der Waals surface area contributed by atoms with E-state index < -0.39 is 5.60 Å². The molecule has 3 heterocycles. The number of rotatable bonds is 6. The Labute approximate surface area is 183 Å². The van der Waals surface area contributed by atoms with Gasteiger partial charge in [0.25, 0.3) is 0 Å². The number of hydrogen-bond donors (Lipinski definition) is 2. The van der Waals surface area contributed by atoms with Gasteiger partial charge in [0.1, 0.15) is 12.3 Å². The molecule has 2 aromatic heterocycles. The van der Waals surface area contributed by atoms with Crippen molar-refractivity contribution in [2.24, 2.45) is 0 Å². The summed E-state index contributed by atoms with van der Waals surface area (Å²) in [7, 11) is 1.56. The maximum atomic E-state index is 13.6. The largest absolute Gasteiger partial charge is 0.485 e. The topological polar surface area (TPSA) is 111 Å². The molecule has 32 heavy (non-hydrogen) atoms. The number of para-hydroxylation sites is 2. The molecule has 5 rings (SSSR count). The van der Waals surface area contributed by atoms with Crippen LogP contribution in [-0.2, 0) is 6.54 Å². The molecule has 2 aromatic carbocycles. The van der Waals surface area contributed by atoms with Gasteiger partial charge >= 0.3 is 0 Å². The fourth-order valence-electron chi connectivity index (χ4n) is 3.91. The lowest BCUT2D eigenvalue weighted by molar-refractivity contribution is 0.0121. The number of nitrogens with one attached hydrogen (secondary N) is 1. The van der Waals surface area contributed by atoms with Gasteiger partial charge in [0, 0.05) is 5.39 Å². The maximum absolute atomic E-state index is 13.6. The molecule has 0 fully saturated rings. The van der Waals surface area contributed by atoms with Crippen molar-refractivity contribution in [3.05, 3.63) is 54.4 Å². The minimum Gasteiger partial charge on any atom is -0.485 e. The van der Waals surface area contributed by atoms with Crippen LogP contribution in [-0.4, -0.2) is 56.8 Å². The highest BCUT2D eigenvalue weighted by Crippen LogP contribution is 2.37. The Kier molecular flexibility index (Phi) is 4.82. The highest BCUT2D eigenvalue weighted by Gasteiger charge is 2.43. The molecule has 1 atom stereocenters. The van der Waals surface area contributed by atoms with Crippen LogP contribution in [0.25, 0.3) is 22.0 Å². The molecular formula is C23H22N4O5. The molecule has 4 aromatic rings. The van der Waals surface area contributed by atoms with Crippen LogP contribution in [0, 0.1) is 0 Å².